The molecule has 2 rings (SSSR count). The standard InChI is InChI=1S/C22H26O5/c1-2-25-22(24)14-13-20(26-16-18-9-5-3-6-10-18)21(15-23)27-17-19-11-7-4-8-12-19/h3-14,20-21,23H,2,15-17H2,1H3/b14-13+/t20-,21-/m0/s1. The van der Waals surface area contributed by atoms with E-state index < -0.39 is 18.2 Å². The van der Waals surface area contributed by atoms with Crippen molar-refractivity contribution in [1.29, 1.82) is 0 Å². The summed E-state index contributed by atoms with van der Waals surface area (Å²) in [6.07, 6.45) is 1.68. The fourth-order valence-corrected chi connectivity index (χ4v) is 2.45. The lowest BCUT2D eigenvalue weighted by molar-refractivity contribution is -0.137. The molecule has 0 spiro atoms. The summed E-state index contributed by atoms with van der Waals surface area (Å²) in [5, 5.41) is 9.79. The quantitative estimate of drug-likeness (QED) is 0.486. The Balaban J connectivity index is 2.03. The molecule has 2 aromatic carbocycles. The molecule has 0 amide bonds. The summed E-state index contributed by atoms with van der Waals surface area (Å²) in [4.78, 5) is 11.6. The molecule has 0 bridgehead atoms. The summed E-state index contributed by atoms with van der Waals surface area (Å²) in [7, 11) is 0. The van der Waals surface area contributed by atoms with Crippen LogP contribution in [0.15, 0.2) is 72.8 Å². The molecule has 0 aliphatic heterocycles. The molecular formula is C22H26O5. The molecule has 0 saturated heterocycles. The monoisotopic (exact) mass is 370 g/mol. The van der Waals surface area contributed by atoms with Crippen LogP contribution in [0.4, 0.5) is 0 Å². The van der Waals surface area contributed by atoms with Gasteiger partial charge in [-0.25, -0.2) is 4.79 Å². The minimum Gasteiger partial charge on any atom is -0.463 e. The normalized spacial score (nSPS) is 13.4. The van der Waals surface area contributed by atoms with Crippen molar-refractivity contribution >= 4 is 5.97 Å². The van der Waals surface area contributed by atoms with Gasteiger partial charge in [0, 0.05) is 6.08 Å². The number of carbonyl (C=O) groups is 1. The summed E-state index contributed by atoms with van der Waals surface area (Å²) in [6.45, 7) is 2.48. The SMILES string of the molecule is CCOC(=O)/C=C/[C@H](OCc1ccccc1)[C@H](CO)OCc1ccccc1. The van der Waals surface area contributed by atoms with E-state index in [0.29, 0.717) is 19.8 Å². The van der Waals surface area contributed by atoms with Gasteiger partial charge in [0.15, 0.2) is 0 Å². The molecule has 5 heteroatoms. The van der Waals surface area contributed by atoms with Gasteiger partial charge in [0.25, 0.3) is 0 Å². The van der Waals surface area contributed by atoms with Gasteiger partial charge in [-0.05, 0) is 24.1 Å². The third-order valence-electron chi connectivity index (χ3n) is 3.85. The van der Waals surface area contributed by atoms with E-state index in [0.717, 1.165) is 11.1 Å². The smallest absolute Gasteiger partial charge is 0.330 e. The van der Waals surface area contributed by atoms with E-state index in [-0.39, 0.29) is 6.61 Å². The van der Waals surface area contributed by atoms with Gasteiger partial charge in [-0.15, -0.1) is 0 Å². The lowest BCUT2D eigenvalue weighted by Crippen LogP contribution is -2.33. The van der Waals surface area contributed by atoms with Gasteiger partial charge in [-0.1, -0.05) is 60.7 Å². The Bertz CT molecular complexity index is 684. The number of rotatable bonds is 11. The third-order valence-corrected chi connectivity index (χ3v) is 3.85. The minimum atomic E-state index is -0.611. The van der Waals surface area contributed by atoms with Gasteiger partial charge in [0.05, 0.1) is 26.4 Å². The minimum absolute atomic E-state index is 0.237. The summed E-state index contributed by atoms with van der Waals surface area (Å²) in [5.41, 5.74) is 1.99. The van der Waals surface area contributed by atoms with Crippen molar-refractivity contribution in [2.24, 2.45) is 0 Å². The van der Waals surface area contributed by atoms with Crippen molar-refractivity contribution in [1.82, 2.24) is 0 Å². The van der Waals surface area contributed by atoms with Crippen LogP contribution in [0.1, 0.15) is 18.1 Å². The first-order valence-electron chi connectivity index (χ1n) is 8.99. The van der Waals surface area contributed by atoms with Crippen LogP contribution >= 0.6 is 0 Å². The Kier molecular flexibility index (Phi) is 9.27. The maximum absolute atomic E-state index is 11.6. The molecular weight excluding hydrogens is 344 g/mol. The maximum Gasteiger partial charge on any atom is 0.330 e. The Morgan fingerprint density at radius 1 is 0.963 bits per heavy atom. The molecule has 0 unspecified atom stereocenters. The zero-order chi connectivity index (χ0) is 19.3. The Morgan fingerprint density at radius 2 is 1.52 bits per heavy atom. The maximum atomic E-state index is 11.6. The summed E-state index contributed by atoms with van der Waals surface area (Å²) < 4.78 is 16.7. The Hall–Kier alpha value is -2.47. The van der Waals surface area contributed by atoms with Gasteiger partial charge in [0.2, 0.25) is 0 Å². The fraction of sp³-hybridized carbons (Fsp3) is 0.318. The average molecular weight is 370 g/mol. The van der Waals surface area contributed by atoms with E-state index in [1.165, 1.54) is 6.08 Å². The first-order chi connectivity index (χ1) is 13.2. The molecule has 0 aromatic heterocycles. The highest BCUT2D eigenvalue weighted by Crippen LogP contribution is 2.13. The molecule has 0 fully saturated rings. The molecule has 0 aliphatic rings. The van der Waals surface area contributed by atoms with Crippen molar-refractivity contribution in [2.45, 2.75) is 32.3 Å². The third kappa shape index (κ3) is 7.74. The van der Waals surface area contributed by atoms with Crippen LogP contribution in [0.25, 0.3) is 0 Å². The number of esters is 1. The highest BCUT2D eigenvalue weighted by atomic mass is 16.5. The molecule has 2 aromatic rings. The predicted octanol–water partition coefficient (Wildman–Crippen LogP) is 3.27. The Morgan fingerprint density at radius 3 is 2.04 bits per heavy atom. The van der Waals surface area contributed by atoms with Crippen molar-refractivity contribution in [2.75, 3.05) is 13.2 Å². The fourth-order valence-electron chi connectivity index (χ4n) is 2.45. The van der Waals surface area contributed by atoms with E-state index in [2.05, 4.69) is 0 Å². The topological polar surface area (TPSA) is 65.0 Å². The zero-order valence-corrected chi connectivity index (χ0v) is 15.5. The van der Waals surface area contributed by atoms with E-state index >= 15 is 0 Å². The molecule has 27 heavy (non-hydrogen) atoms. The average Bonchev–Trinajstić information content (AvgIpc) is 2.71. The molecule has 1 N–H and O–H groups in total. The highest BCUT2D eigenvalue weighted by Gasteiger charge is 2.21. The Labute approximate surface area is 160 Å². The lowest BCUT2D eigenvalue weighted by atomic mass is 10.1. The number of aliphatic hydroxyl groups is 1. The number of hydrogen-bond donors (Lipinski definition) is 1. The summed E-state index contributed by atoms with van der Waals surface area (Å²) in [6, 6.07) is 19.4. The number of hydrogen-bond acceptors (Lipinski definition) is 5. The second kappa shape index (κ2) is 12.0. The van der Waals surface area contributed by atoms with Crippen molar-refractivity contribution in [3.8, 4) is 0 Å². The van der Waals surface area contributed by atoms with Crippen LogP contribution < -0.4 is 0 Å². The van der Waals surface area contributed by atoms with Crippen molar-refractivity contribution in [3.63, 3.8) is 0 Å². The second-order valence-corrected chi connectivity index (χ2v) is 5.89. The van der Waals surface area contributed by atoms with Crippen LogP contribution in [0.5, 0.6) is 0 Å². The molecule has 2 atom stereocenters. The van der Waals surface area contributed by atoms with E-state index in [1.807, 2.05) is 60.7 Å². The zero-order valence-electron chi connectivity index (χ0n) is 15.5. The van der Waals surface area contributed by atoms with Crippen LogP contribution in [0.2, 0.25) is 0 Å². The van der Waals surface area contributed by atoms with Crippen LogP contribution in [0, 0.1) is 0 Å². The summed E-state index contributed by atoms with van der Waals surface area (Å²) >= 11 is 0. The van der Waals surface area contributed by atoms with Crippen molar-refractivity contribution in [3.05, 3.63) is 83.9 Å². The largest absolute Gasteiger partial charge is 0.463 e. The molecule has 0 heterocycles. The van der Waals surface area contributed by atoms with Crippen LogP contribution in [-0.4, -0.2) is 36.5 Å². The van der Waals surface area contributed by atoms with E-state index in [1.54, 1.807) is 13.0 Å². The van der Waals surface area contributed by atoms with Gasteiger partial charge >= 0.3 is 5.97 Å². The first kappa shape index (κ1) is 20.8. The molecule has 0 radical (unpaired) electrons. The van der Waals surface area contributed by atoms with Gasteiger partial charge in [-0.3, -0.25) is 0 Å². The van der Waals surface area contributed by atoms with Crippen molar-refractivity contribution < 1.29 is 24.1 Å². The summed E-state index contributed by atoms with van der Waals surface area (Å²) in [5.74, 6) is -0.453. The lowest BCUT2D eigenvalue weighted by Gasteiger charge is -2.24. The van der Waals surface area contributed by atoms with E-state index in [9.17, 15) is 9.90 Å². The predicted molar refractivity (Wildman–Crippen MR) is 103 cm³/mol. The number of aliphatic hydroxyl groups excluding tert-OH is 1. The molecule has 0 saturated carbocycles. The highest BCUT2D eigenvalue weighted by molar-refractivity contribution is 5.81. The van der Waals surface area contributed by atoms with Crippen LogP contribution in [0.3, 0.4) is 0 Å². The first-order valence-corrected chi connectivity index (χ1v) is 8.99. The van der Waals surface area contributed by atoms with Gasteiger partial charge < -0.3 is 19.3 Å². The van der Waals surface area contributed by atoms with Crippen LogP contribution in [-0.2, 0) is 32.2 Å². The number of ether oxygens (including phenoxy) is 3. The number of benzene rings is 2. The van der Waals surface area contributed by atoms with E-state index in [4.69, 9.17) is 14.2 Å². The molecule has 5 nitrogen and oxygen atoms in total. The second-order valence-electron chi connectivity index (χ2n) is 5.89. The van der Waals surface area contributed by atoms with Gasteiger partial charge in [0.1, 0.15) is 12.2 Å². The number of carbonyl (C=O) groups excluding carboxylic acids is 1. The molecule has 0 aliphatic carbocycles. The molecule has 144 valence electrons. The van der Waals surface area contributed by atoms with Gasteiger partial charge in [-0.2, -0.15) is 0 Å².